The summed E-state index contributed by atoms with van der Waals surface area (Å²) in [6.45, 7) is 2.41. The Labute approximate surface area is 179 Å². The molecule has 0 bridgehead atoms. The molecule has 1 aromatic heterocycles. The van der Waals surface area contributed by atoms with Crippen LogP contribution in [0.5, 0.6) is 0 Å². The van der Waals surface area contributed by atoms with Crippen LogP contribution in [-0.2, 0) is 12.8 Å². The van der Waals surface area contributed by atoms with E-state index in [2.05, 4.69) is 20.9 Å². The molecule has 8 heteroatoms. The highest BCUT2D eigenvalue weighted by molar-refractivity contribution is 5.94. The third-order valence-corrected chi connectivity index (χ3v) is 5.14. The number of hydrogen-bond donors (Lipinski definition) is 2. The van der Waals surface area contributed by atoms with Crippen LogP contribution in [-0.4, -0.2) is 39.4 Å². The summed E-state index contributed by atoms with van der Waals surface area (Å²) >= 11 is 0. The largest absolute Gasteiger partial charge is 0.352 e. The lowest BCUT2D eigenvalue weighted by atomic mass is 10.1. The summed E-state index contributed by atoms with van der Waals surface area (Å²) in [4.78, 5) is 24.7. The van der Waals surface area contributed by atoms with Gasteiger partial charge in [-0.3, -0.25) is 9.59 Å². The fourth-order valence-corrected chi connectivity index (χ4v) is 3.36. The molecule has 1 aliphatic rings. The molecule has 2 amide bonds. The van der Waals surface area contributed by atoms with Crippen LogP contribution in [0.15, 0.2) is 48.5 Å². The second-order valence-electron chi connectivity index (χ2n) is 7.58. The topological polar surface area (TPSA) is 88.9 Å². The first-order valence-corrected chi connectivity index (χ1v) is 10.4. The van der Waals surface area contributed by atoms with Gasteiger partial charge in [0.2, 0.25) is 0 Å². The standard InChI is InChI=1S/C23H24FN5O2/c1-2-25-22(30)16-7-11-19(12-8-16)29-20(13-6-15-4-3-5-17(24)14-15)21(27-28-29)23(31)26-18-9-10-18/h3-5,7-8,11-12,14,18H,2,6,9-10,13H2,1H3,(H,25,30)(H,26,31). The van der Waals surface area contributed by atoms with Crippen LogP contribution in [0.2, 0.25) is 0 Å². The maximum Gasteiger partial charge on any atom is 0.273 e. The van der Waals surface area contributed by atoms with E-state index in [9.17, 15) is 14.0 Å². The Balaban J connectivity index is 1.62. The van der Waals surface area contributed by atoms with Crippen molar-refractivity contribution in [2.45, 2.75) is 38.6 Å². The van der Waals surface area contributed by atoms with Gasteiger partial charge in [-0.25, -0.2) is 9.07 Å². The molecule has 0 aliphatic heterocycles. The van der Waals surface area contributed by atoms with E-state index in [1.807, 2.05) is 13.0 Å². The number of hydrogen-bond acceptors (Lipinski definition) is 4. The Kier molecular flexibility index (Phi) is 6.06. The molecule has 1 heterocycles. The number of aryl methyl sites for hydroxylation is 1. The number of amides is 2. The first-order chi connectivity index (χ1) is 15.0. The van der Waals surface area contributed by atoms with Crippen LogP contribution >= 0.6 is 0 Å². The van der Waals surface area contributed by atoms with Crippen LogP contribution in [0.3, 0.4) is 0 Å². The Morgan fingerprint density at radius 3 is 2.55 bits per heavy atom. The van der Waals surface area contributed by atoms with Crippen LogP contribution < -0.4 is 10.6 Å². The number of nitrogens with zero attached hydrogens (tertiary/aromatic N) is 3. The molecule has 31 heavy (non-hydrogen) atoms. The van der Waals surface area contributed by atoms with E-state index in [0.29, 0.717) is 36.3 Å². The molecule has 2 N–H and O–H groups in total. The van der Waals surface area contributed by atoms with E-state index in [1.54, 1.807) is 35.0 Å². The Bertz CT molecular complexity index is 1090. The predicted molar refractivity (Wildman–Crippen MR) is 114 cm³/mol. The maximum absolute atomic E-state index is 13.6. The number of benzene rings is 2. The van der Waals surface area contributed by atoms with Gasteiger partial charge in [0.05, 0.1) is 11.4 Å². The van der Waals surface area contributed by atoms with Crippen molar-refractivity contribution in [3.63, 3.8) is 0 Å². The smallest absolute Gasteiger partial charge is 0.273 e. The van der Waals surface area contributed by atoms with Gasteiger partial charge in [-0.05, 0) is 74.6 Å². The third kappa shape index (κ3) is 4.96. The lowest BCUT2D eigenvalue weighted by Crippen LogP contribution is -2.27. The van der Waals surface area contributed by atoms with Crippen molar-refractivity contribution in [2.75, 3.05) is 6.54 Å². The monoisotopic (exact) mass is 421 g/mol. The number of aromatic nitrogens is 3. The van der Waals surface area contributed by atoms with Gasteiger partial charge in [-0.1, -0.05) is 17.3 Å². The first-order valence-electron chi connectivity index (χ1n) is 10.4. The Hall–Kier alpha value is -3.55. The summed E-state index contributed by atoms with van der Waals surface area (Å²) in [5, 5.41) is 14.1. The minimum atomic E-state index is -0.295. The van der Waals surface area contributed by atoms with E-state index >= 15 is 0 Å². The Morgan fingerprint density at radius 2 is 1.87 bits per heavy atom. The molecule has 0 unspecified atom stereocenters. The SMILES string of the molecule is CCNC(=O)c1ccc(-n2nnc(C(=O)NC3CC3)c2CCc2cccc(F)c2)cc1. The molecule has 160 valence electrons. The lowest BCUT2D eigenvalue weighted by molar-refractivity contribution is 0.0940. The zero-order valence-electron chi connectivity index (χ0n) is 17.3. The summed E-state index contributed by atoms with van der Waals surface area (Å²) in [6, 6.07) is 13.6. The van der Waals surface area contributed by atoms with Gasteiger partial charge in [0, 0.05) is 18.2 Å². The van der Waals surface area contributed by atoms with E-state index in [4.69, 9.17) is 0 Å². The molecule has 1 aliphatic carbocycles. The normalized spacial score (nSPS) is 13.1. The van der Waals surface area contributed by atoms with Gasteiger partial charge >= 0.3 is 0 Å². The molecule has 1 saturated carbocycles. The minimum absolute atomic E-state index is 0.150. The van der Waals surface area contributed by atoms with E-state index in [1.165, 1.54) is 12.1 Å². The highest BCUT2D eigenvalue weighted by Gasteiger charge is 2.27. The molecular formula is C23H24FN5O2. The number of halogens is 1. The first kappa shape index (κ1) is 20.7. The number of carbonyl (C=O) groups excluding carboxylic acids is 2. The molecule has 0 spiro atoms. The zero-order valence-corrected chi connectivity index (χ0v) is 17.3. The quantitative estimate of drug-likeness (QED) is 0.585. The average Bonchev–Trinajstić information content (AvgIpc) is 3.48. The molecule has 4 rings (SSSR count). The van der Waals surface area contributed by atoms with Gasteiger partial charge in [0.1, 0.15) is 5.82 Å². The van der Waals surface area contributed by atoms with Crippen molar-refractivity contribution < 1.29 is 14.0 Å². The molecular weight excluding hydrogens is 397 g/mol. The molecule has 0 radical (unpaired) electrons. The second-order valence-corrected chi connectivity index (χ2v) is 7.58. The van der Waals surface area contributed by atoms with E-state index in [-0.39, 0.29) is 29.4 Å². The van der Waals surface area contributed by atoms with Crippen molar-refractivity contribution in [1.29, 1.82) is 0 Å². The van der Waals surface area contributed by atoms with Gasteiger partial charge in [-0.2, -0.15) is 0 Å². The minimum Gasteiger partial charge on any atom is -0.352 e. The number of nitrogens with one attached hydrogen (secondary N) is 2. The third-order valence-electron chi connectivity index (χ3n) is 5.14. The van der Waals surface area contributed by atoms with Crippen molar-refractivity contribution in [1.82, 2.24) is 25.6 Å². The second kappa shape index (κ2) is 9.07. The van der Waals surface area contributed by atoms with Crippen LogP contribution in [0, 0.1) is 5.82 Å². The fourth-order valence-electron chi connectivity index (χ4n) is 3.36. The molecule has 7 nitrogen and oxygen atoms in total. The lowest BCUT2D eigenvalue weighted by Gasteiger charge is -2.10. The summed E-state index contributed by atoms with van der Waals surface area (Å²) in [5.74, 6) is -0.692. The van der Waals surface area contributed by atoms with Gasteiger partial charge < -0.3 is 10.6 Å². The zero-order chi connectivity index (χ0) is 21.8. The molecule has 0 saturated heterocycles. The van der Waals surface area contributed by atoms with Crippen LogP contribution in [0.4, 0.5) is 4.39 Å². The van der Waals surface area contributed by atoms with Gasteiger partial charge in [0.25, 0.3) is 11.8 Å². The van der Waals surface area contributed by atoms with Crippen LogP contribution in [0.1, 0.15) is 51.9 Å². The number of carbonyl (C=O) groups is 2. The maximum atomic E-state index is 13.6. The van der Waals surface area contributed by atoms with E-state index < -0.39 is 0 Å². The highest BCUT2D eigenvalue weighted by Crippen LogP contribution is 2.21. The van der Waals surface area contributed by atoms with Crippen LogP contribution in [0.25, 0.3) is 5.69 Å². The molecule has 2 aromatic carbocycles. The summed E-state index contributed by atoms with van der Waals surface area (Å²) in [7, 11) is 0. The molecule has 0 atom stereocenters. The predicted octanol–water partition coefficient (Wildman–Crippen LogP) is 2.83. The fraction of sp³-hybridized carbons (Fsp3) is 0.304. The summed E-state index contributed by atoms with van der Waals surface area (Å²) in [6.07, 6.45) is 2.94. The summed E-state index contributed by atoms with van der Waals surface area (Å²) < 4.78 is 15.2. The average molecular weight is 421 g/mol. The van der Waals surface area contributed by atoms with Gasteiger partial charge in [-0.15, -0.1) is 5.10 Å². The molecule has 1 fully saturated rings. The van der Waals surface area contributed by atoms with Crippen molar-refractivity contribution in [3.8, 4) is 5.69 Å². The molecule has 3 aromatic rings. The van der Waals surface area contributed by atoms with Gasteiger partial charge in [0.15, 0.2) is 5.69 Å². The van der Waals surface area contributed by atoms with E-state index in [0.717, 1.165) is 18.4 Å². The Morgan fingerprint density at radius 1 is 1.10 bits per heavy atom. The summed E-state index contributed by atoms with van der Waals surface area (Å²) in [5.41, 5.74) is 2.98. The van der Waals surface area contributed by atoms with Crippen molar-refractivity contribution >= 4 is 11.8 Å². The highest BCUT2D eigenvalue weighted by atomic mass is 19.1. The van der Waals surface area contributed by atoms with Crippen molar-refractivity contribution in [2.24, 2.45) is 0 Å². The number of rotatable bonds is 8. The van der Waals surface area contributed by atoms with Crippen molar-refractivity contribution in [3.05, 3.63) is 76.9 Å².